The minimum Gasteiger partial charge on any atom is -0.360 e. The van der Waals surface area contributed by atoms with Crippen LogP contribution in [-0.4, -0.2) is 20.2 Å². The second kappa shape index (κ2) is 3.21. The van der Waals surface area contributed by atoms with Crippen molar-refractivity contribution < 1.29 is 9.71 Å². The summed E-state index contributed by atoms with van der Waals surface area (Å²) in [6.45, 7) is 0. The van der Waals surface area contributed by atoms with Crippen LogP contribution in [0.5, 0.6) is 0 Å². The molecule has 14 heavy (non-hydrogen) atoms. The highest BCUT2D eigenvalue weighted by Crippen LogP contribution is 1.94. The zero-order valence-electron chi connectivity index (χ0n) is 7.02. The van der Waals surface area contributed by atoms with Crippen molar-refractivity contribution in [3.63, 3.8) is 0 Å². The molecule has 0 unspecified atom stereocenters. The van der Waals surface area contributed by atoms with Crippen LogP contribution in [0, 0.1) is 10.1 Å². The van der Waals surface area contributed by atoms with Gasteiger partial charge in [-0.05, 0) is 16.8 Å². The van der Waals surface area contributed by atoms with E-state index in [2.05, 4.69) is 10.3 Å². The summed E-state index contributed by atoms with van der Waals surface area (Å²) in [4.78, 5) is 10.7. The monoisotopic (exact) mass is 192 g/mol. The molecule has 0 atom stereocenters. The van der Waals surface area contributed by atoms with Gasteiger partial charge in [0.2, 0.25) is 0 Å². The summed E-state index contributed by atoms with van der Waals surface area (Å²) in [5, 5.41) is 16.6. The molecule has 7 nitrogen and oxygen atoms in total. The van der Waals surface area contributed by atoms with Gasteiger partial charge in [-0.15, -0.1) is 0 Å². The fourth-order valence-corrected chi connectivity index (χ4v) is 1.00. The maximum atomic E-state index is 10.3. The maximum Gasteiger partial charge on any atom is 0.310 e. The number of aromatic nitrogens is 4. The molecule has 2 rings (SSSR count). The number of rotatable bonds is 2. The highest BCUT2D eigenvalue weighted by Gasteiger charge is 2.16. The molecule has 0 aliphatic rings. The van der Waals surface area contributed by atoms with Crippen LogP contribution in [-0.2, 0) is 0 Å². The SMILES string of the molecule is O=[N+]([O-])n1nc[n+](-c2ccccc2)n1. The Morgan fingerprint density at radius 3 is 2.64 bits per heavy atom. The van der Waals surface area contributed by atoms with E-state index in [0.29, 0.717) is 4.91 Å². The molecule has 2 aromatic rings. The molecule has 0 spiro atoms. The molecule has 0 aliphatic heterocycles. The van der Waals surface area contributed by atoms with Gasteiger partial charge in [-0.2, -0.15) is 0 Å². The summed E-state index contributed by atoms with van der Waals surface area (Å²) in [5.74, 6) is 0. The first-order chi connectivity index (χ1) is 6.77. The van der Waals surface area contributed by atoms with Crippen LogP contribution < -0.4 is 4.68 Å². The third-order valence-corrected chi connectivity index (χ3v) is 1.61. The zero-order chi connectivity index (χ0) is 9.97. The van der Waals surface area contributed by atoms with E-state index in [4.69, 9.17) is 0 Å². The number of benzene rings is 1. The van der Waals surface area contributed by atoms with Crippen molar-refractivity contribution in [3.05, 3.63) is 46.8 Å². The molecular weight excluding hydrogens is 186 g/mol. The Bertz CT molecular complexity index is 452. The Hall–Kier alpha value is -2.31. The average Bonchev–Trinajstić information content (AvgIpc) is 2.68. The van der Waals surface area contributed by atoms with E-state index < -0.39 is 5.03 Å². The lowest BCUT2D eigenvalue weighted by molar-refractivity contribution is -0.688. The van der Waals surface area contributed by atoms with Crippen molar-refractivity contribution in [2.24, 2.45) is 0 Å². The first-order valence-electron chi connectivity index (χ1n) is 3.82. The quantitative estimate of drug-likeness (QED) is 0.368. The topological polar surface area (TPSA) is 77.7 Å². The van der Waals surface area contributed by atoms with Gasteiger partial charge in [-0.1, -0.05) is 18.2 Å². The fraction of sp³-hybridized carbons (Fsp3) is 0. The molecule has 0 saturated carbocycles. The first-order valence-corrected chi connectivity index (χ1v) is 3.82. The number of tetrazole rings is 1. The van der Waals surface area contributed by atoms with Crippen LogP contribution in [0.3, 0.4) is 0 Å². The van der Waals surface area contributed by atoms with Gasteiger partial charge in [-0.3, -0.25) is 0 Å². The van der Waals surface area contributed by atoms with E-state index in [1.54, 1.807) is 12.1 Å². The summed E-state index contributed by atoms with van der Waals surface area (Å²) in [5.41, 5.74) is 0.723. The molecule has 0 amide bonds. The smallest absolute Gasteiger partial charge is 0.310 e. The van der Waals surface area contributed by atoms with E-state index in [1.165, 1.54) is 11.0 Å². The number of para-hydroxylation sites is 1. The fourth-order valence-electron chi connectivity index (χ4n) is 1.00. The lowest BCUT2D eigenvalue weighted by Gasteiger charge is -1.87. The summed E-state index contributed by atoms with van der Waals surface area (Å²) < 4.78 is 1.32. The Kier molecular flexibility index (Phi) is 1.90. The molecule has 0 fully saturated rings. The van der Waals surface area contributed by atoms with Crippen molar-refractivity contribution in [2.45, 2.75) is 0 Å². The number of nitrogens with zero attached hydrogens (tertiary/aromatic N) is 5. The largest absolute Gasteiger partial charge is 0.360 e. The highest BCUT2D eigenvalue weighted by atomic mass is 16.7. The second-order valence-electron chi connectivity index (χ2n) is 2.51. The predicted molar refractivity (Wildman–Crippen MR) is 43.9 cm³/mol. The highest BCUT2D eigenvalue weighted by molar-refractivity contribution is 5.20. The molecule has 0 radical (unpaired) electrons. The Balaban J connectivity index is 2.39. The van der Waals surface area contributed by atoms with E-state index >= 15 is 0 Å². The van der Waals surface area contributed by atoms with Gasteiger partial charge in [-0.25, -0.2) is 0 Å². The molecule has 0 saturated heterocycles. The van der Waals surface area contributed by atoms with Crippen LogP contribution in [0.4, 0.5) is 0 Å². The van der Waals surface area contributed by atoms with Crippen molar-refractivity contribution in [1.29, 1.82) is 0 Å². The second-order valence-corrected chi connectivity index (χ2v) is 2.51. The number of nitro groups is 1. The van der Waals surface area contributed by atoms with Crippen LogP contribution in [0.1, 0.15) is 0 Å². The Morgan fingerprint density at radius 2 is 2.07 bits per heavy atom. The summed E-state index contributed by atoms with van der Waals surface area (Å²) in [6, 6.07) is 9.03. The van der Waals surface area contributed by atoms with Gasteiger partial charge in [0, 0.05) is 0 Å². The van der Waals surface area contributed by atoms with Gasteiger partial charge < -0.3 is 10.1 Å². The van der Waals surface area contributed by atoms with Crippen molar-refractivity contribution >= 4 is 0 Å². The molecule has 0 bridgehead atoms. The molecule has 1 aromatic carbocycles. The summed E-state index contributed by atoms with van der Waals surface area (Å²) >= 11 is 0. The maximum absolute atomic E-state index is 10.3. The van der Waals surface area contributed by atoms with Crippen LogP contribution in [0.25, 0.3) is 5.69 Å². The lowest BCUT2D eigenvalue weighted by Crippen LogP contribution is -2.34. The first kappa shape index (κ1) is 8.30. The van der Waals surface area contributed by atoms with E-state index in [0.717, 1.165) is 5.69 Å². The molecule has 0 aliphatic carbocycles. The normalized spacial score (nSPS) is 10.0. The van der Waals surface area contributed by atoms with Gasteiger partial charge in [0.05, 0.1) is 5.03 Å². The zero-order valence-corrected chi connectivity index (χ0v) is 7.02. The van der Waals surface area contributed by atoms with Crippen molar-refractivity contribution in [3.8, 4) is 5.69 Å². The molecule has 1 aromatic heterocycles. The molecular formula is C7H6N5O2+. The van der Waals surface area contributed by atoms with Crippen LogP contribution in [0.2, 0.25) is 0 Å². The standard InChI is InChI=1S/C7H6N5O2/c13-12(14)11-8-6-10(9-11)7-4-2-1-3-5-7/h1-6H/q+1. The number of hydrogen-bond donors (Lipinski definition) is 0. The van der Waals surface area contributed by atoms with Crippen LogP contribution in [0.15, 0.2) is 36.7 Å². The Labute approximate surface area is 78.3 Å². The van der Waals surface area contributed by atoms with Gasteiger partial charge in [0.15, 0.2) is 0 Å². The van der Waals surface area contributed by atoms with Gasteiger partial charge >= 0.3 is 6.33 Å². The van der Waals surface area contributed by atoms with Gasteiger partial charge in [0.1, 0.15) is 10.8 Å². The van der Waals surface area contributed by atoms with E-state index in [-0.39, 0.29) is 0 Å². The third kappa shape index (κ3) is 1.42. The lowest BCUT2D eigenvalue weighted by atomic mass is 10.3. The van der Waals surface area contributed by atoms with E-state index in [9.17, 15) is 10.1 Å². The Morgan fingerprint density at radius 1 is 1.36 bits per heavy atom. The predicted octanol–water partition coefficient (Wildman–Crippen LogP) is -0.405. The minimum atomic E-state index is -0.709. The molecule has 7 heteroatoms. The van der Waals surface area contributed by atoms with Gasteiger partial charge in [0.25, 0.3) is 10.1 Å². The van der Waals surface area contributed by atoms with Crippen molar-refractivity contribution in [1.82, 2.24) is 15.2 Å². The third-order valence-electron chi connectivity index (χ3n) is 1.61. The summed E-state index contributed by atoms with van der Waals surface area (Å²) in [7, 11) is 0. The van der Waals surface area contributed by atoms with E-state index in [1.807, 2.05) is 18.2 Å². The summed E-state index contributed by atoms with van der Waals surface area (Å²) in [6.07, 6.45) is 1.28. The average molecular weight is 192 g/mol. The minimum absolute atomic E-state index is 0.410. The molecule has 1 heterocycles. The van der Waals surface area contributed by atoms with Crippen molar-refractivity contribution in [2.75, 3.05) is 0 Å². The van der Waals surface area contributed by atoms with Crippen LogP contribution >= 0.6 is 0 Å². The molecule has 0 N–H and O–H groups in total. The number of hydrogen-bond acceptors (Lipinski definition) is 4. The molecule has 70 valence electrons.